The van der Waals surface area contributed by atoms with E-state index in [2.05, 4.69) is 19.9 Å². The van der Waals surface area contributed by atoms with Crippen molar-refractivity contribution < 1.29 is 4.39 Å². The largest absolute Gasteiger partial charge is 0.340 e. The highest BCUT2D eigenvalue weighted by Gasteiger charge is 2.29. The molecule has 0 aliphatic rings. The van der Waals surface area contributed by atoms with Crippen molar-refractivity contribution in [2.24, 2.45) is 0 Å². The number of fused-ring (bicyclic) bond motifs is 2. The van der Waals surface area contributed by atoms with E-state index in [9.17, 15) is 9.18 Å². The maximum absolute atomic E-state index is 14.3. The zero-order valence-electron chi connectivity index (χ0n) is 19.4. The Labute approximate surface area is 208 Å². The van der Waals surface area contributed by atoms with Crippen LogP contribution in [0.1, 0.15) is 24.4 Å². The summed E-state index contributed by atoms with van der Waals surface area (Å²) in [4.78, 5) is 37.6. The molecule has 1 N–H and O–H groups in total. The number of hydrogen-bond acceptors (Lipinski definition) is 7. The summed E-state index contributed by atoms with van der Waals surface area (Å²) in [5.74, 6) is 0.165. The van der Waals surface area contributed by atoms with Gasteiger partial charge in [0.2, 0.25) is 0 Å². The number of H-pyrrole nitrogens is 1. The van der Waals surface area contributed by atoms with Gasteiger partial charge in [0.15, 0.2) is 16.4 Å². The Morgan fingerprint density at radius 3 is 2.72 bits per heavy atom. The van der Waals surface area contributed by atoms with Gasteiger partial charge in [0.25, 0.3) is 5.56 Å². The predicted octanol–water partition coefficient (Wildman–Crippen LogP) is 5.44. The van der Waals surface area contributed by atoms with Crippen molar-refractivity contribution in [3.05, 3.63) is 100 Å². The Balaban J connectivity index is 1.65. The van der Waals surface area contributed by atoms with E-state index >= 15 is 0 Å². The van der Waals surface area contributed by atoms with Gasteiger partial charge < -0.3 is 9.88 Å². The molecule has 0 saturated heterocycles. The fraction of sp³-hybridized carbons (Fsp3) is 0.115. The number of nitrogens with one attached hydrogen (secondary N) is 1. The SMILES string of the molecule is Cc1csc2nc(C(C)N(c3ccccc3)c3ncnc4nc[nH]c34)c(-c3cccc(F)c3)c(=O)n12. The van der Waals surface area contributed by atoms with Crippen LogP contribution in [0.15, 0.2) is 77.4 Å². The highest BCUT2D eigenvalue weighted by molar-refractivity contribution is 7.15. The van der Waals surface area contributed by atoms with Crippen LogP contribution < -0.4 is 10.5 Å². The van der Waals surface area contributed by atoms with Crippen molar-refractivity contribution >= 4 is 39.0 Å². The Morgan fingerprint density at radius 1 is 1.08 bits per heavy atom. The number of benzene rings is 2. The van der Waals surface area contributed by atoms with Gasteiger partial charge >= 0.3 is 0 Å². The van der Waals surface area contributed by atoms with Crippen molar-refractivity contribution in [3.63, 3.8) is 0 Å². The molecule has 0 saturated carbocycles. The molecule has 0 radical (unpaired) electrons. The number of hydrogen-bond donors (Lipinski definition) is 1. The van der Waals surface area contributed by atoms with Crippen molar-refractivity contribution in [1.82, 2.24) is 29.3 Å². The number of thiazole rings is 1. The third-order valence-electron chi connectivity index (χ3n) is 6.13. The predicted molar refractivity (Wildman–Crippen MR) is 138 cm³/mol. The summed E-state index contributed by atoms with van der Waals surface area (Å²) in [7, 11) is 0. The van der Waals surface area contributed by atoms with Crippen molar-refractivity contribution in [2.75, 3.05) is 4.90 Å². The number of para-hydroxylation sites is 1. The highest BCUT2D eigenvalue weighted by atomic mass is 32.1. The van der Waals surface area contributed by atoms with Gasteiger partial charge in [0, 0.05) is 16.8 Å². The lowest BCUT2D eigenvalue weighted by Crippen LogP contribution is -2.28. The first kappa shape index (κ1) is 22.1. The summed E-state index contributed by atoms with van der Waals surface area (Å²) in [6.45, 7) is 3.82. The first-order valence-corrected chi connectivity index (χ1v) is 12.2. The quantitative estimate of drug-likeness (QED) is 0.341. The Morgan fingerprint density at radius 2 is 1.92 bits per heavy atom. The molecule has 6 rings (SSSR count). The van der Waals surface area contributed by atoms with E-state index in [0.29, 0.717) is 38.8 Å². The van der Waals surface area contributed by atoms with Crippen LogP contribution in [0.3, 0.4) is 0 Å². The summed E-state index contributed by atoms with van der Waals surface area (Å²) in [6.07, 6.45) is 3.03. The zero-order chi connectivity index (χ0) is 24.8. The molecule has 0 fully saturated rings. The molecule has 6 aromatic rings. The topological polar surface area (TPSA) is 92.1 Å². The van der Waals surface area contributed by atoms with E-state index in [1.807, 2.05) is 54.5 Å². The van der Waals surface area contributed by atoms with E-state index in [1.54, 1.807) is 22.9 Å². The number of anilines is 2. The van der Waals surface area contributed by atoms with Crippen LogP contribution in [0.25, 0.3) is 27.3 Å². The van der Waals surface area contributed by atoms with E-state index in [-0.39, 0.29) is 5.56 Å². The minimum atomic E-state index is -0.466. The Kier molecular flexibility index (Phi) is 5.30. The summed E-state index contributed by atoms with van der Waals surface area (Å²) >= 11 is 1.39. The molecular weight excluding hydrogens is 477 g/mol. The third-order valence-corrected chi connectivity index (χ3v) is 7.07. The Hall–Kier alpha value is -4.44. The molecule has 4 heterocycles. The lowest BCUT2D eigenvalue weighted by molar-refractivity contribution is 0.628. The highest BCUT2D eigenvalue weighted by Crippen LogP contribution is 2.38. The molecule has 0 bridgehead atoms. The van der Waals surface area contributed by atoms with Crippen LogP contribution in [0, 0.1) is 12.7 Å². The molecule has 0 spiro atoms. The molecule has 1 atom stereocenters. The van der Waals surface area contributed by atoms with Gasteiger partial charge in [-0.3, -0.25) is 9.20 Å². The number of rotatable bonds is 5. The summed E-state index contributed by atoms with van der Waals surface area (Å²) < 4.78 is 15.9. The second-order valence-electron chi connectivity index (χ2n) is 8.36. The zero-order valence-corrected chi connectivity index (χ0v) is 20.2. The fourth-order valence-electron chi connectivity index (χ4n) is 4.49. The number of aromatic nitrogens is 6. The molecule has 0 amide bonds. The standard InChI is InChI=1S/C26H20FN7OS/c1-15-12-36-26-32-21(20(25(35)33(15)26)17-7-6-8-18(27)11-17)16(2)34(19-9-4-3-5-10-19)24-22-23(29-13-28-22)30-14-31-24/h3-14,16H,1-2H3,(H,28,29,30,31). The summed E-state index contributed by atoms with van der Waals surface area (Å²) in [5.41, 5.74) is 3.89. The smallest absolute Gasteiger partial charge is 0.266 e. The number of aryl methyl sites for hydroxylation is 1. The molecule has 1 unspecified atom stereocenters. The van der Waals surface area contributed by atoms with E-state index in [0.717, 1.165) is 11.4 Å². The van der Waals surface area contributed by atoms with Gasteiger partial charge in [0.1, 0.15) is 17.7 Å². The van der Waals surface area contributed by atoms with Crippen molar-refractivity contribution in [2.45, 2.75) is 19.9 Å². The average molecular weight is 498 g/mol. The third kappa shape index (κ3) is 3.54. The van der Waals surface area contributed by atoms with Crippen LogP contribution in [0.2, 0.25) is 0 Å². The summed E-state index contributed by atoms with van der Waals surface area (Å²) in [6, 6.07) is 15.3. The second kappa shape index (κ2) is 8.65. The number of imidazole rings is 1. The number of nitrogens with zero attached hydrogens (tertiary/aromatic N) is 6. The maximum atomic E-state index is 14.3. The van der Waals surface area contributed by atoms with E-state index in [4.69, 9.17) is 4.98 Å². The molecule has 0 aliphatic carbocycles. The van der Waals surface area contributed by atoms with E-state index in [1.165, 1.54) is 29.8 Å². The lowest BCUT2D eigenvalue weighted by Gasteiger charge is -2.31. The summed E-state index contributed by atoms with van der Waals surface area (Å²) in [5, 5.41) is 1.89. The van der Waals surface area contributed by atoms with Gasteiger partial charge in [-0.05, 0) is 43.7 Å². The van der Waals surface area contributed by atoms with E-state index < -0.39 is 11.9 Å². The molecule has 8 nitrogen and oxygen atoms in total. The van der Waals surface area contributed by atoms with Gasteiger partial charge in [-0.1, -0.05) is 30.3 Å². The molecule has 0 aliphatic heterocycles. The molecule has 10 heteroatoms. The first-order valence-electron chi connectivity index (χ1n) is 11.3. The van der Waals surface area contributed by atoms with Gasteiger partial charge in [-0.2, -0.15) is 0 Å². The first-order chi connectivity index (χ1) is 17.5. The molecule has 178 valence electrons. The molecule has 4 aromatic heterocycles. The molecule has 36 heavy (non-hydrogen) atoms. The van der Waals surface area contributed by atoms with Gasteiger partial charge in [-0.15, -0.1) is 11.3 Å². The number of aromatic amines is 1. The van der Waals surface area contributed by atoms with Crippen molar-refractivity contribution in [3.8, 4) is 11.1 Å². The van der Waals surface area contributed by atoms with Crippen LogP contribution in [0.5, 0.6) is 0 Å². The monoisotopic (exact) mass is 497 g/mol. The van der Waals surface area contributed by atoms with Gasteiger partial charge in [0.05, 0.1) is 23.6 Å². The minimum Gasteiger partial charge on any atom is -0.340 e. The minimum absolute atomic E-state index is 0.242. The van der Waals surface area contributed by atoms with Crippen LogP contribution in [-0.2, 0) is 0 Å². The number of halogens is 1. The van der Waals surface area contributed by atoms with Crippen LogP contribution in [-0.4, -0.2) is 29.3 Å². The molecule has 2 aromatic carbocycles. The van der Waals surface area contributed by atoms with Crippen molar-refractivity contribution in [1.29, 1.82) is 0 Å². The average Bonchev–Trinajstić information content (AvgIpc) is 3.52. The second-order valence-corrected chi connectivity index (χ2v) is 9.20. The normalized spacial score (nSPS) is 12.3. The lowest BCUT2D eigenvalue weighted by atomic mass is 10.00. The van der Waals surface area contributed by atoms with Crippen LogP contribution >= 0.6 is 11.3 Å². The Bertz CT molecular complexity index is 1780. The fourth-order valence-corrected chi connectivity index (χ4v) is 5.36. The van der Waals surface area contributed by atoms with Crippen LogP contribution in [0.4, 0.5) is 15.9 Å². The molecular formula is C26H20FN7OS. The maximum Gasteiger partial charge on any atom is 0.266 e. The van der Waals surface area contributed by atoms with Gasteiger partial charge in [-0.25, -0.2) is 24.3 Å².